The first-order valence-electron chi connectivity index (χ1n) is 3.29. The molecule has 0 unspecified atom stereocenters. The lowest BCUT2D eigenvalue weighted by molar-refractivity contribution is 0.948. The predicted molar refractivity (Wildman–Crippen MR) is 42.9 cm³/mol. The van der Waals surface area contributed by atoms with Gasteiger partial charge in [0.25, 0.3) is 0 Å². The Morgan fingerprint density at radius 3 is 3.00 bits per heavy atom. The maximum atomic E-state index is 5.68. The molecular formula is C7H8N4. The molecule has 56 valence electrons. The second-order valence-corrected chi connectivity index (χ2v) is 2.45. The predicted octanol–water partition coefficient (Wildman–Crippen LogP) is 0.550. The van der Waals surface area contributed by atoms with Crippen LogP contribution in [0.15, 0.2) is 18.7 Å². The Morgan fingerprint density at radius 1 is 1.45 bits per heavy atom. The van der Waals surface area contributed by atoms with E-state index in [0.29, 0.717) is 5.69 Å². The number of nitrogens with zero attached hydrogens (tertiary/aromatic N) is 3. The Morgan fingerprint density at radius 2 is 2.27 bits per heavy atom. The molecule has 2 aromatic rings. The lowest BCUT2D eigenvalue weighted by Crippen LogP contribution is -1.92. The zero-order valence-electron chi connectivity index (χ0n) is 6.15. The fourth-order valence-electron chi connectivity index (χ4n) is 1.14. The van der Waals surface area contributed by atoms with Gasteiger partial charge in [0.2, 0.25) is 0 Å². The molecule has 2 heterocycles. The molecule has 0 bridgehead atoms. The molecule has 2 aromatic heterocycles. The monoisotopic (exact) mass is 148 g/mol. The van der Waals surface area contributed by atoms with E-state index in [-0.39, 0.29) is 0 Å². The summed E-state index contributed by atoms with van der Waals surface area (Å²) in [5, 5.41) is 0. The van der Waals surface area contributed by atoms with E-state index in [4.69, 9.17) is 5.73 Å². The van der Waals surface area contributed by atoms with Crippen LogP contribution in [0.2, 0.25) is 0 Å². The van der Waals surface area contributed by atoms with Gasteiger partial charge < -0.3 is 10.3 Å². The van der Waals surface area contributed by atoms with Crippen molar-refractivity contribution in [1.82, 2.24) is 14.5 Å². The van der Waals surface area contributed by atoms with Crippen molar-refractivity contribution < 1.29 is 0 Å². The maximum Gasteiger partial charge on any atom is 0.109 e. The number of pyridine rings is 1. The molecule has 0 spiro atoms. The minimum absolute atomic E-state index is 0.669. The first kappa shape index (κ1) is 6.15. The molecule has 0 saturated carbocycles. The van der Waals surface area contributed by atoms with Crippen molar-refractivity contribution in [2.24, 2.45) is 7.05 Å². The van der Waals surface area contributed by atoms with Gasteiger partial charge in [-0.05, 0) is 0 Å². The Bertz CT molecular complexity index is 390. The van der Waals surface area contributed by atoms with Crippen LogP contribution in [0.4, 0.5) is 5.69 Å². The zero-order chi connectivity index (χ0) is 7.84. The molecule has 0 amide bonds. The van der Waals surface area contributed by atoms with Crippen LogP contribution in [0.25, 0.3) is 11.0 Å². The first-order valence-corrected chi connectivity index (χ1v) is 3.29. The topological polar surface area (TPSA) is 56.7 Å². The summed E-state index contributed by atoms with van der Waals surface area (Å²) < 4.78 is 1.88. The van der Waals surface area contributed by atoms with Gasteiger partial charge in [0.15, 0.2) is 0 Å². The van der Waals surface area contributed by atoms with E-state index in [0.717, 1.165) is 11.0 Å². The Labute approximate surface area is 63.7 Å². The normalized spacial score (nSPS) is 10.6. The number of aromatic nitrogens is 3. The summed E-state index contributed by atoms with van der Waals surface area (Å²) in [7, 11) is 1.91. The third kappa shape index (κ3) is 0.756. The lowest BCUT2D eigenvalue weighted by Gasteiger charge is -1.96. The van der Waals surface area contributed by atoms with Crippen LogP contribution in [-0.2, 0) is 7.05 Å². The summed E-state index contributed by atoms with van der Waals surface area (Å²) in [6.45, 7) is 0. The highest BCUT2D eigenvalue weighted by Crippen LogP contribution is 2.16. The molecule has 0 saturated heterocycles. The molecule has 0 aromatic carbocycles. The average molecular weight is 148 g/mol. The number of nitrogen functional groups attached to an aromatic ring is 1. The van der Waals surface area contributed by atoms with Crippen LogP contribution in [-0.4, -0.2) is 14.5 Å². The second kappa shape index (κ2) is 1.95. The number of nitrogens with two attached hydrogens (primary N) is 1. The molecule has 0 aliphatic heterocycles. The summed E-state index contributed by atoms with van der Waals surface area (Å²) in [4.78, 5) is 8.02. The van der Waals surface area contributed by atoms with Crippen LogP contribution < -0.4 is 5.73 Å². The molecule has 0 atom stereocenters. The molecule has 0 radical (unpaired) electrons. The van der Waals surface area contributed by atoms with Gasteiger partial charge in [-0.15, -0.1) is 0 Å². The van der Waals surface area contributed by atoms with Gasteiger partial charge in [-0.25, -0.2) is 4.98 Å². The number of fused-ring (bicyclic) bond motifs is 1. The van der Waals surface area contributed by atoms with Gasteiger partial charge >= 0.3 is 0 Å². The molecule has 4 nitrogen and oxygen atoms in total. The summed E-state index contributed by atoms with van der Waals surface area (Å²) in [5.41, 5.74) is 8.13. The third-order valence-corrected chi connectivity index (χ3v) is 1.65. The van der Waals surface area contributed by atoms with Crippen LogP contribution >= 0.6 is 0 Å². The fourth-order valence-corrected chi connectivity index (χ4v) is 1.14. The first-order chi connectivity index (χ1) is 5.29. The minimum Gasteiger partial charge on any atom is -0.396 e. The molecule has 2 rings (SSSR count). The van der Waals surface area contributed by atoms with Gasteiger partial charge in [-0.2, -0.15) is 0 Å². The maximum absolute atomic E-state index is 5.68. The van der Waals surface area contributed by atoms with E-state index in [1.54, 1.807) is 18.7 Å². The van der Waals surface area contributed by atoms with E-state index < -0.39 is 0 Å². The van der Waals surface area contributed by atoms with E-state index in [2.05, 4.69) is 9.97 Å². The number of imidazole rings is 1. The van der Waals surface area contributed by atoms with Gasteiger partial charge in [-0.3, -0.25) is 4.98 Å². The minimum atomic E-state index is 0.669. The van der Waals surface area contributed by atoms with E-state index in [9.17, 15) is 0 Å². The molecule has 2 N–H and O–H groups in total. The quantitative estimate of drug-likeness (QED) is 0.593. The molecular weight excluding hydrogens is 140 g/mol. The van der Waals surface area contributed by atoms with E-state index in [1.165, 1.54) is 0 Å². The van der Waals surface area contributed by atoms with Crippen LogP contribution in [0, 0.1) is 0 Å². The Balaban J connectivity index is 2.96. The Kier molecular flexibility index (Phi) is 1.09. The van der Waals surface area contributed by atoms with Crippen molar-refractivity contribution in [3.8, 4) is 0 Å². The number of hydrogen-bond acceptors (Lipinski definition) is 3. The summed E-state index contributed by atoms with van der Waals surface area (Å²) in [6.07, 6.45) is 5.05. The number of anilines is 1. The van der Waals surface area contributed by atoms with Crippen molar-refractivity contribution in [3.05, 3.63) is 18.7 Å². The summed E-state index contributed by atoms with van der Waals surface area (Å²) in [6, 6.07) is 0. The molecule has 0 aliphatic carbocycles. The standard InChI is InChI=1S/C7H8N4/c1-11-4-10-6-3-9-2-5(8)7(6)11/h2-4H,8H2,1H3. The molecule has 0 fully saturated rings. The van der Waals surface area contributed by atoms with Crippen LogP contribution in [0.3, 0.4) is 0 Å². The largest absolute Gasteiger partial charge is 0.396 e. The van der Waals surface area contributed by atoms with Crippen LogP contribution in [0.1, 0.15) is 0 Å². The smallest absolute Gasteiger partial charge is 0.109 e. The van der Waals surface area contributed by atoms with Crippen molar-refractivity contribution in [1.29, 1.82) is 0 Å². The van der Waals surface area contributed by atoms with Crippen molar-refractivity contribution >= 4 is 16.7 Å². The number of hydrogen-bond donors (Lipinski definition) is 1. The van der Waals surface area contributed by atoms with Gasteiger partial charge in [0, 0.05) is 7.05 Å². The molecule has 11 heavy (non-hydrogen) atoms. The van der Waals surface area contributed by atoms with Gasteiger partial charge in [0.1, 0.15) is 5.52 Å². The van der Waals surface area contributed by atoms with Crippen molar-refractivity contribution in [2.45, 2.75) is 0 Å². The van der Waals surface area contributed by atoms with Crippen LogP contribution in [0.5, 0.6) is 0 Å². The van der Waals surface area contributed by atoms with E-state index >= 15 is 0 Å². The highest BCUT2D eigenvalue weighted by Gasteiger charge is 2.01. The second-order valence-electron chi connectivity index (χ2n) is 2.45. The van der Waals surface area contributed by atoms with Gasteiger partial charge in [0.05, 0.1) is 29.9 Å². The highest BCUT2D eigenvalue weighted by atomic mass is 15.0. The average Bonchev–Trinajstić information content (AvgIpc) is 2.34. The highest BCUT2D eigenvalue weighted by molar-refractivity contribution is 5.85. The zero-order valence-corrected chi connectivity index (χ0v) is 6.15. The summed E-state index contributed by atoms with van der Waals surface area (Å²) >= 11 is 0. The summed E-state index contributed by atoms with van der Waals surface area (Å²) in [5.74, 6) is 0. The third-order valence-electron chi connectivity index (χ3n) is 1.65. The van der Waals surface area contributed by atoms with E-state index in [1.807, 2.05) is 11.6 Å². The van der Waals surface area contributed by atoms with Crippen molar-refractivity contribution in [2.75, 3.05) is 5.73 Å². The SMILES string of the molecule is Cn1cnc2cncc(N)c21. The molecule has 4 heteroatoms. The van der Waals surface area contributed by atoms with Gasteiger partial charge in [-0.1, -0.05) is 0 Å². The Hall–Kier alpha value is -1.58. The molecule has 0 aliphatic rings. The lowest BCUT2D eigenvalue weighted by atomic mass is 10.3. The fraction of sp³-hybridized carbons (Fsp3) is 0.143. The van der Waals surface area contributed by atoms with Crippen molar-refractivity contribution in [3.63, 3.8) is 0 Å². The number of rotatable bonds is 0. The number of aryl methyl sites for hydroxylation is 1.